The van der Waals surface area contributed by atoms with Crippen molar-refractivity contribution < 1.29 is 9.53 Å². The van der Waals surface area contributed by atoms with Gasteiger partial charge in [-0.3, -0.25) is 4.79 Å². The first-order valence-corrected chi connectivity index (χ1v) is 10.4. The molecule has 0 bridgehead atoms. The second kappa shape index (κ2) is 4.76. The van der Waals surface area contributed by atoms with E-state index in [-0.39, 0.29) is 5.60 Å². The van der Waals surface area contributed by atoms with Crippen molar-refractivity contribution in [2.45, 2.75) is 51.0 Å². The number of ketones is 1. The average Bonchev–Trinajstić information content (AvgIpc) is 3.20. The van der Waals surface area contributed by atoms with Crippen LogP contribution in [0.5, 0.6) is 0 Å². The number of fused-ring (bicyclic) bond motifs is 9. The fraction of sp³-hybridized carbons (Fsp3) is 0.696. The molecule has 0 aromatic heterocycles. The van der Waals surface area contributed by atoms with E-state index in [1.165, 1.54) is 31.3 Å². The minimum absolute atomic E-state index is 0.0501. The molecule has 0 N–H and O–H groups in total. The van der Waals surface area contributed by atoms with Crippen molar-refractivity contribution in [2.24, 2.45) is 40.9 Å². The van der Waals surface area contributed by atoms with Crippen LogP contribution in [-0.2, 0) is 9.53 Å². The minimum Gasteiger partial charge on any atom is -0.366 e. The maximum absolute atomic E-state index is 11.9. The van der Waals surface area contributed by atoms with E-state index < -0.39 is 0 Å². The third-order valence-corrected chi connectivity index (χ3v) is 9.00. The Morgan fingerprint density at radius 1 is 1.28 bits per heavy atom. The first-order chi connectivity index (χ1) is 12.2. The van der Waals surface area contributed by atoms with E-state index in [0.717, 1.165) is 43.1 Å². The first kappa shape index (κ1) is 15.0. The van der Waals surface area contributed by atoms with Gasteiger partial charge in [-0.15, -0.1) is 0 Å². The predicted molar refractivity (Wildman–Crippen MR) is 96.8 cm³/mol. The Hall–Kier alpha value is -1.15. The summed E-state index contributed by atoms with van der Waals surface area (Å²) < 4.78 is 6.53. The number of rotatable bonds is 1. The molecule has 3 unspecified atom stereocenters. The molecule has 3 fully saturated rings. The zero-order valence-electron chi connectivity index (χ0n) is 15.1. The molecule has 132 valence electrons. The van der Waals surface area contributed by atoms with Gasteiger partial charge in [-0.25, -0.2) is 0 Å². The highest BCUT2D eigenvalue weighted by Gasteiger charge is 2.77. The van der Waals surface area contributed by atoms with Crippen LogP contribution in [0.15, 0.2) is 36.0 Å². The summed E-state index contributed by atoms with van der Waals surface area (Å²) in [7, 11) is 0. The fourth-order valence-corrected chi connectivity index (χ4v) is 8.15. The Bertz CT molecular complexity index is 730. The molecule has 3 saturated carbocycles. The number of ether oxygens (including phenoxy) is 1. The largest absolute Gasteiger partial charge is 0.366 e. The van der Waals surface area contributed by atoms with Gasteiger partial charge in [0.1, 0.15) is 0 Å². The number of allylic oxidation sites excluding steroid dienone is 4. The van der Waals surface area contributed by atoms with Crippen molar-refractivity contribution in [3.8, 4) is 0 Å². The van der Waals surface area contributed by atoms with Gasteiger partial charge in [0.15, 0.2) is 5.78 Å². The molecule has 1 aliphatic heterocycles. The highest BCUT2D eigenvalue weighted by molar-refractivity contribution is 5.91. The van der Waals surface area contributed by atoms with Crippen molar-refractivity contribution in [1.82, 2.24) is 0 Å². The second-order valence-corrected chi connectivity index (χ2v) is 9.44. The molecule has 0 amide bonds. The van der Waals surface area contributed by atoms with Gasteiger partial charge in [0, 0.05) is 11.8 Å². The van der Waals surface area contributed by atoms with Gasteiger partial charge in [-0.05, 0) is 79.3 Å². The molecule has 0 aromatic rings. The molecule has 2 nitrogen and oxygen atoms in total. The lowest BCUT2D eigenvalue weighted by Crippen LogP contribution is -2.55. The molecule has 25 heavy (non-hydrogen) atoms. The summed E-state index contributed by atoms with van der Waals surface area (Å²) in [6, 6.07) is 0. The fourth-order valence-electron chi connectivity index (χ4n) is 8.15. The van der Waals surface area contributed by atoms with Gasteiger partial charge in [-0.1, -0.05) is 31.2 Å². The monoisotopic (exact) mass is 336 g/mol. The van der Waals surface area contributed by atoms with E-state index in [9.17, 15) is 4.79 Å². The molecule has 1 spiro atoms. The average molecular weight is 336 g/mol. The summed E-state index contributed by atoms with van der Waals surface area (Å²) in [4.78, 5) is 11.9. The molecule has 0 saturated heterocycles. The lowest BCUT2D eigenvalue weighted by Gasteiger charge is -2.57. The molecule has 1 heterocycles. The maximum atomic E-state index is 11.9. The summed E-state index contributed by atoms with van der Waals surface area (Å²) >= 11 is 0. The van der Waals surface area contributed by atoms with E-state index in [2.05, 4.69) is 31.2 Å². The normalized spacial score (nSPS) is 54.8. The van der Waals surface area contributed by atoms with E-state index in [1.54, 1.807) is 0 Å². The van der Waals surface area contributed by atoms with Gasteiger partial charge in [0.25, 0.3) is 0 Å². The topological polar surface area (TPSA) is 26.3 Å². The van der Waals surface area contributed by atoms with Gasteiger partial charge in [-0.2, -0.15) is 0 Å². The van der Waals surface area contributed by atoms with Gasteiger partial charge in [0.2, 0.25) is 0 Å². The quantitative estimate of drug-likeness (QED) is 0.660. The Morgan fingerprint density at radius 2 is 2.20 bits per heavy atom. The Balaban J connectivity index is 1.44. The number of carbonyl (C=O) groups is 1. The van der Waals surface area contributed by atoms with Crippen LogP contribution in [0.25, 0.3) is 0 Å². The summed E-state index contributed by atoms with van der Waals surface area (Å²) in [5.74, 6) is 4.87. The van der Waals surface area contributed by atoms with Crippen molar-refractivity contribution in [3.63, 3.8) is 0 Å². The zero-order chi connectivity index (χ0) is 16.8. The van der Waals surface area contributed by atoms with Crippen LogP contribution in [0.3, 0.4) is 0 Å². The molecule has 2 heteroatoms. The van der Waals surface area contributed by atoms with Crippen LogP contribution in [0.1, 0.15) is 45.4 Å². The van der Waals surface area contributed by atoms with Gasteiger partial charge in [0.05, 0.1) is 12.2 Å². The highest BCUT2D eigenvalue weighted by Crippen LogP contribution is 2.78. The second-order valence-electron chi connectivity index (χ2n) is 9.44. The number of carbonyl (C=O) groups excluding carboxylic acids is 1. The molecule has 6 aliphatic rings. The molecule has 0 radical (unpaired) electrons. The standard InChI is InChI=1S/C23H28O2/c1-2-22-10-8-17-16-7-5-15(24)12-14(16)4-6-18(17)21(22)19-13-20(19)23(22)9-3-11-25-23/h3-4,6,9,12,16-21H,2,5,7-8,10-11,13H2,1H3/t16-,17?,18?,19+,20-,21?,22-,23-/m0/s1. The minimum atomic E-state index is 0.0501. The summed E-state index contributed by atoms with van der Waals surface area (Å²) in [5.41, 5.74) is 1.73. The SMILES string of the molecule is CC[C@]12CCC3C(C=CC4=CC(=O)CC[C@@H]43)C1[C@@H]1C[C@@H]1[C@@]21C=CCO1. The molecule has 6 rings (SSSR count). The molecule has 0 aromatic carbocycles. The molecular formula is C23H28O2. The van der Waals surface area contributed by atoms with Crippen molar-refractivity contribution in [1.29, 1.82) is 0 Å². The van der Waals surface area contributed by atoms with Crippen LogP contribution in [0.4, 0.5) is 0 Å². The summed E-state index contributed by atoms with van der Waals surface area (Å²) in [6.45, 7) is 3.23. The zero-order valence-corrected chi connectivity index (χ0v) is 15.1. The van der Waals surface area contributed by atoms with Crippen molar-refractivity contribution >= 4 is 5.78 Å². The smallest absolute Gasteiger partial charge is 0.155 e. The highest BCUT2D eigenvalue weighted by atomic mass is 16.5. The van der Waals surface area contributed by atoms with Crippen LogP contribution in [0.2, 0.25) is 0 Å². The summed E-state index contributed by atoms with van der Waals surface area (Å²) in [6.07, 6.45) is 18.6. The number of hydrogen-bond donors (Lipinski definition) is 0. The lowest BCUT2D eigenvalue weighted by atomic mass is 9.49. The molecule has 8 atom stereocenters. The van der Waals surface area contributed by atoms with Crippen LogP contribution in [-0.4, -0.2) is 18.0 Å². The summed E-state index contributed by atoms with van der Waals surface area (Å²) in [5, 5.41) is 0. The predicted octanol–water partition coefficient (Wildman–Crippen LogP) is 4.48. The first-order valence-electron chi connectivity index (χ1n) is 10.4. The number of hydrogen-bond acceptors (Lipinski definition) is 2. The van der Waals surface area contributed by atoms with Gasteiger partial charge < -0.3 is 4.74 Å². The van der Waals surface area contributed by atoms with Crippen LogP contribution >= 0.6 is 0 Å². The van der Waals surface area contributed by atoms with Crippen molar-refractivity contribution in [2.75, 3.05) is 6.61 Å². The Kier molecular flexibility index (Phi) is 2.85. The Morgan fingerprint density at radius 3 is 3.00 bits per heavy atom. The van der Waals surface area contributed by atoms with E-state index >= 15 is 0 Å². The van der Waals surface area contributed by atoms with E-state index in [0.29, 0.717) is 23.0 Å². The molecular weight excluding hydrogens is 308 g/mol. The van der Waals surface area contributed by atoms with Crippen LogP contribution < -0.4 is 0 Å². The van der Waals surface area contributed by atoms with Crippen LogP contribution in [0, 0.1) is 40.9 Å². The molecule has 5 aliphatic carbocycles. The van der Waals surface area contributed by atoms with E-state index in [1.807, 2.05) is 6.08 Å². The maximum Gasteiger partial charge on any atom is 0.155 e. The lowest BCUT2D eigenvalue weighted by molar-refractivity contribution is -0.133. The van der Waals surface area contributed by atoms with E-state index in [4.69, 9.17) is 4.74 Å². The van der Waals surface area contributed by atoms with Crippen molar-refractivity contribution in [3.05, 3.63) is 36.0 Å². The third-order valence-electron chi connectivity index (χ3n) is 9.00. The Labute approximate surface area is 150 Å². The third kappa shape index (κ3) is 1.64. The van der Waals surface area contributed by atoms with Gasteiger partial charge >= 0.3 is 0 Å².